The van der Waals surface area contributed by atoms with E-state index in [1.165, 1.54) is 17.0 Å². The number of rotatable bonds is 5. The minimum Gasteiger partial charge on any atom is -0.364 e. The van der Waals surface area contributed by atoms with Crippen molar-refractivity contribution in [3.05, 3.63) is 71.0 Å². The monoisotopic (exact) mass is 411 g/mol. The van der Waals surface area contributed by atoms with Crippen molar-refractivity contribution in [1.82, 2.24) is 24.9 Å². The average molecular weight is 411 g/mol. The summed E-state index contributed by atoms with van der Waals surface area (Å²) in [5, 5.41) is 12.3. The SMILES string of the molecule is O=NC(=O)Nc1nc(-c2cc(-c3ccon3)n(Cc3ccccc3F)n2)ncc1F. The van der Waals surface area contributed by atoms with Crippen molar-refractivity contribution in [3.63, 3.8) is 0 Å². The third kappa shape index (κ3) is 3.78. The summed E-state index contributed by atoms with van der Waals surface area (Å²) in [6, 6.07) is 8.03. The van der Waals surface area contributed by atoms with Crippen molar-refractivity contribution in [2.24, 2.45) is 5.18 Å². The highest BCUT2D eigenvalue weighted by Gasteiger charge is 2.18. The zero-order valence-electron chi connectivity index (χ0n) is 15.0. The van der Waals surface area contributed by atoms with Crippen LogP contribution in [0, 0.1) is 16.5 Å². The Bertz CT molecular complexity index is 1220. The van der Waals surface area contributed by atoms with E-state index in [9.17, 15) is 18.5 Å². The van der Waals surface area contributed by atoms with Crippen LogP contribution < -0.4 is 5.32 Å². The highest BCUT2D eigenvalue weighted by atomic mass is 19.1. The third-order valence-electron chi connectivity index (χ3n) is 4.04. The third-order valence-corrected chi connectivity index (χ3v) is 4.04. The molecule has 2 amide bonds. The number of anilines is 1. The van der Waals surface area contributed by atoms with Gasteiger partial charge >= 0.3 is 6.03 Å². The summed E-state index contributed by atoms with van der Waals surface area (Å²) in [7, 11) is 0. The maximum Gasteiger partial charge on any atom is 0.384 e. The van der Waals surface area contributed by atoms with Crippen molar-refractivity contribution in [2.45, 2.75) is 6.54 Å². The molecular weight excluding hydrogens is 400 g/mol. The van der Waals surface area contributed by atoms with E-state index in [1.807, 2.05) is 5.32 Å². The van der Waals surface area contributed by atoms with Gasteiger partial charge in [-0.05, 0) is 12.1 Å². The molecule has 0 aliphatic heterocycles. The van der Waals surface area contributed by atoms with Crippen molar-refractivity contribution in [1.29, 1.82) is 0 Å². The zero-order valence-corrected chi connectivity index (χ0v) is 15.0. The van der Waals surface area contributed by atoms with Gasteiger partial charge in [0.15, 0.2) is 17.5 Å². The molecule has 0 spiro atoms. The van der Waals surface area contributed by atoms with Crippen LogP contribution >= 0.6 is 0 Å². The van der Waals surface area contributed by atoms with E-state index in [0.29, 0.717) is 17.0 Å². The van der Waals surface area contributed by atoms with E-state index >= 15 is 0 Å². The molecule has 1 N–H and O–H groups in total. The lowest BCUT2D eigenvalue weighted by Gasteiger charge is -2.06. The maximum absolute atomic E-state index is 14.1. The smallest absolute Gasteiger partial charge is 0.364 e. The lowest BCUT2D eigenvalue weighted by Crippen LogP contribution is -2.10. The lowest BCUT2D eigenvalue weighted by atomic mass is 10.2. The maximum atomic E-state index is 14.1. The van der Waals surface area contributed by atoms with Crippen LogP contribution in [0.5, 0.6) is 0 Å². The topological polar surface area (TPSA) is 128 Å². The fourth-order valence-electron chi connectivity index (χ4n) is 2.69. The van der Waals surface area contributed by atoms with E-state index < -0.39 is 23.5 Å². The van der Waals surface area contributed by atoms with Crippen LogP contribution in [0.4, 0.5) is 19.4 Å². The Morgan fingerprint density at radius 1 is 1.17 bits per heavy atom. The van der Waals surface area contributed by atoms with Crippen molar-refractivity contribution in [2.75, 3.05) is 5.32 Å². The minimum atomic E-state index is -1.31. The van der Waals surface area contributed by atoms with Gasteiger partial charge in [0.05, 0.1) is 18.4 Å². The Hall–Kier alpha value is -4.35. The second kappa shape index (κ2) is 7.95. The van der Waals surface area contributed by atoms with E-state index in [4.69, 9.17) is 4.52 Å². The Morgan fingerprint density at radius 2 is 2.00 bits per heavy atom. The molecule has 0 saturated heterocycles. The molecule has 0 fully saturated rings. The largest absolute Gasteiger partial charge is 0.384 e. The molecule has 0 unspecified atom stereocenters. The zero-order chi connectivity index (χ0) is 21.1. The van der Waals surface area contributed by atoms with Crippen LogP contribution in [-0.4, -0.2) is 30.9 Å². The average Bonchev–Trinajstić information content (AvgIpc) is 3.41. The Morgan fingerprint density at radius 3 is 2.73 bits per heavy atom. The summed E-state index contributed by atoms with van der Waals surface area (Å²) in [5.74, 6) is -1.95. The second-order valence-electron chi connectivity index (χ2n) is 5.96. The van der Waals surface area contributed by atoms with Gasteiger partial charge in [-0.2, -0.15) is 5.10 Å². The van der Waals surface area contributed by atoms with Gasteiger partial charge < -0.3 is 4.52 Å². The van der Waals surface area contributed by atoms with Gasteiger partial charge in [-0.25, -0.2) is 23.5 Å². The molecular formula is C18H11F2N7O3. The standard InChI is InChI=1S/C18H11F2N7O3/c19-11-4-2-1-3-10(11)9-27-15(13-5-6-30-26-13)7-14(24-27)17-21-8-12(20)16(22-17)23-18(28)25-29/h1-8H,9H2,(H,21,22,23,28). The normalized spacial score (nSPS) is 10.7. The Balaban J connectivity index is 1.76. The van der Waals surface area contributed by atoms with Gasteiger partial charge in [0.1, 0.15) is 23.5 Å². The fraction of sp³-hybridized carbons (Fsp3) is 0.0556. The first-order valence-electron chi connectivity index (χ1n) is 8.44. The molecule has 4 aromatic rings. The number of hydrogen-bond acceptors (Lipinski definition) is 7. The summed E-state index contributed by atoms with van der Waals surface area (Å²) in [6.07, 6.45) is 2.18. The number of hydrogen-bond donors (Lipinski definition) is 1. The van der Waals surface area contributed by atoms with Crippen LogP contribution in [-0.2, 0) is 6.54 Å². The molecule has 1 aromatic carbocycles. The minimum absolute atomic E-state index is 0.0466. The predicted molar refractivity (Wildman–Crippen MR) is 99.0 cm³/mol. The van der Waals surface area contributed by atoms with Crippen molar-refractivity contribution in [3.8, 4) is 22.9 Å². The Kier molecular flexibility index (Phi) is 5.03. The summed E-state index contributed by atoms with van der Waals surface area (Å²) < 4.78 is 34.3. The van der Waals surface area contributed by atoms with Crippen LogP contribution in [0.25, 0.3) is 22.9 Å². The molecule has 3 aromatic heterocycles. The summed E-state index contributed by atoms with van der Waals surface area (Å²) in [5.41, 5.74) is 1.46. The fourth-order valence-corrected chi connectivity index (χ4v) is 2.69. The molecule has 0 atom stereocenters. The number of carbonyl (C=O) groups is 1. The molecule has 12 heteroatoms. The number of nitrogens with zero attached hydrogens (tertiary/aromatic N) is 6. The number of nitroso groups, excluding NO2 is 1. The summed E-state index contributed by atoms with van der Waals surface area (Å²) in [4.78, 5) is 29.1. The molecule has 4 rings (SSSR count). The summed E-state index contributed by atoms with van der Waals surface area (Å²) in [6.45, 7) is 0.0642. The molecule has 10 nitrogen and oxygen atoms in total. The quantitative estimate of drug-likeness (QED) is 0.497. The van der Waals surface area contributed by atoms with E-state index in [0.717, 1.165) is 6.20 Å². The van der Waals surface area contributed by atoms with Crippen LogP contribution in [0.15, 0.2) is 58.6 Å². The highest BCUT2D eigenvalue weighted by molar-refractivity contribution is 5.89. The van der Waals surface area contributed by atoms with Gasteiger partial charge in [-0.3, -0.25) is 10.00 Å². The predicted octanol–water partition coefficient (Wildman–Crippen LogP) is 3.62. The first kappa shape index (κ1) is 19.0. The summed E-state index contributed by atoms with van der Waals surface area (Å²) >= 11 is 0. The van der Waals surface area contributed by atoms with E-state index in [2.05, 4.69) is 25.4 Å². The first-order chi connectivity index (χ1) is 14.5. The second-order valence-corrected chi connectivity index (χ2v) is 5.96. The first-order valence-corrected chi connectivity index (χ1v) is 8.44. The molecule has 0 aliphatic rings. The number of halogens is 2. The molecule has 0 aliphatic carbocycles. The number of aromatic nitrogens is 5. The number of urea groups is 1. The van der Waals surface area contributed by atoms with Crippen LogP contribution in [0.1, 0.15) is 5.56 Å². The number of amides is 2. The van der Waals surface area contributed by atoms with E-state index in [-0.39, 0.29) is 18.1 Å². The van der Waals surface area contributed by atoms with Gasteiger partial charge in [-0.15, -0.1) is 4.91 Å². The lowest BCUT2D eigenvalue weighted by molar-refractivity contribution is 0.259. The van der Waals surface area contributed by atoms with Gasteiger partial charge in [0, 0.05) is 16.8 Å². The highest BCUT2D eigenvalue weighted by Crippen LogP contribution is 2.26. The van der Waals surface area contributed by atoms with Crippen LogP contribution in [0.2, 0.25) is 0 Å². The van der Waals surface area contributed by atoms with Gasteiger partial charge in [0.2, 0.25) is 0 Å². The molecule has 3 heterocycles. The number of carbonyl (C=O) groups excluding carboxylic acids is 1. The van der Waals surface area contributed by atoms with Gasteiger partial charge in [-0.1, -0.05) is 23.4 Å². The Labute approximate surface area is 166 Å². The van der Waals surface area contributed by atoms with Gasteiger partial charge in [0.25, 0.3) is 0 Å². The number of nitrogens with one attached hydrogen (secondary N) is 1. The molecule has 30 heavy (non-hydrogen) atoms. The number of benzene rings is 1. The molecule has 0 bridgehead atoms. The van der Waals surface area contributed by atoms with Crippen molar-refractivity contribution >= 4 is 11.8 Å². The molecule has 0 saturated carbocycles. The molecule has 0 radical (unpaired) electrons. The van der Waals surface area contributed by atoms with E-state index in [1.54, 1.807) is 30.3 Å². The van der Waals surface area contributed by atoms with Crippen LogP contribution in [0.3, 0.4) is 0 Å². The van der Waals surface area contributed by atoms with Crippen molar-refractivity contribution < 1.29 is 18.1 Å². The molecule has 150 valence electrons.